The molecule has 2 aliphatic heterocycles. The fourth-order valence-electron chi connectivity index (χ4n) is 4.10. The average Bonchev–Trinajstić information content (AvgIpc) is 3.42. The number of carbonyl (C=O) groups excluding carboxylic acids is 1. The molecule has 0 bridgehead atoms. The van der Waals surface area contributed by atoms with Crippen LogP contribution in [-0.2, 0) is 21.5 Å². The predicted octanol–water partition coefficient (Wildman–Crippen LogP) is 2.84. The first-order chi connectivity index (χ1) is 14.4. The molecule has 0 radical (unpaired) electrons. The van der Waals surface area contributed by atoms with Gasteiger partial charge in [0.2, 0.25) is 0 Å². The summed E-state index contributed by atoms with van der Waals surface area (Å²) in [6.45, 7) is 11.2. The van der Waals surface area contributed by atoms with Gasteiger partial charge in [-0.1, -0.05) is 24.6 Å². The molecule has 8 heteroatoms. The third-order valence-electron chi connectivity index (χ3n) is 6.02. The molecule has 0 spiro atoms. The first kappa shape index (κ1) is 22.1. The second-order valence-corrected chi connectivity index (χ2v) is 11.1. The number of piperazine rings is 1. The van der Waals surface area contributed by atoms with E-state index in [0.717, 1.165) is 26.2 Å². The molecule has 2 fully saturated rings. The Bertz CT molecular complexity index is 784. The number of hydrogen-bond donors (Lipinski definition) is 0. The van der Waals surface area contributed by atoms with Crippen LogP contribution in [0.5, 0.6) is 0 Å². The summed E-state index contributed by atoms with van der Waals surface area (Å²) in [6, 6.07) is 7.12. The number of nitrogens with zero attached hydrogens (tertiary/aromatic N) is 4. The number of halogens is 1. The van der Waals surface area contributed by atoms with Crippen LogP contribution in [0.1, 0.15) is 27.2 Å². The zero-order chi connectivity index (χ0) is 21.3. The van der Waals surface area contributed by atoms with E-state index in [1.54, 1.807) is 12.1 Å². The molecule has 1 aliphatic carbocycles. The molecule has 0 N–H and O–H groups in total. The zero-order valence-electron chi connectivity index (χ0n) is 17.9. The fourth-order valence-corrected chi connectivity index (χ4v) is 5.35. The van der Waals surface area contributed by atoms with Gasteiger partial charge in [0, 0.05) is 24.3 Å². The van der Waals surface area contributed by atoms with Gasteiger partial charge in [-0.3, -0.25) is 9.69 Å². The lowest BCUT2D eigenvalue weighted by Gasteiger charge is -2.40. The Kier molecular flexibility index (Phi) is 7.05. The van der Waals surface area contributed by atoms with Crippen molar-refractivity contribution in [1.82, 2.24) is 9.21 Å². The van der Waals surface area contributed by atoms with Crippen molar-refractivity contribution in [3.05, 3.63) is 29.3 Å². The van der Waals surface area contributed by atoms with Gasteiger partial charge in [0.05, 0.1) is 43.4 Å². The summed E-state index contributed by atoms with van der Waals surface area (Å²) in [5.74, 6) is 1.15. The average molecular weight is 452 g/mol. The van der Waals surface area contributed by atoms with Crippen LogP contribution >= 0.6 is 11.6 Å². The minimum Gasteiger partial charge on any atom is -0.366 e. The largest absolute Gasteiger partial charge is 0.366 e. The predicted molar refractivity (Wildman–Crippen MR) is 125 cm³/mol. The monoisotopic (exact) mass is 451 g/mol. The van der Waals surface area contributed by atoms with E-state index >= 15 is 0 Å². The maximum Gasteiger partial charge on any atom is 0.278 e. The first-order valence-electron chi connectivity index (χ1n) is 10.9. The Morgan fingerprint density at radius 1 is 1.27 bits per heavy atom. The van der Waals surface area contributed by atoms with Gasteiger partial charge in [-0.25, -0.2) is 0 Å². The van der Waals surface area contributed by atoms with E-state index in [9.17, 15) is 4.79 Å². The second-order valence-electron chi connectivity index (χ2n) is 8.81. The normalized spacial score (nSPS) is 30.3. The summed E-state index contributed by atoms with van der Waals surface area (Å²) in [7, 11) is 0. The number of anilines is 1. The standard InChI is InChI=1S/C22H31ClN4O2S/c1-15(2)30-26-9-7-25(8-10-26)20-13-24-27(19-6-4-5-18(23)12-19)22(28)21(20)29-14-17-11-16(17)3/h4-6,12-13,15-17,20-21H,7-11,14H2,1-3H3/p+1. The minimum atomic E-state index is -0.538. The van der Waals surface area contributed by atoms with E-state index in [-0.39, 0.29) is 11.9 Å². The Hall–Kier alpha value is -1.12. The molecular formula is C22H32ClN4O2S+. The number of hydrogen-bond acceptors (Lipinski definition) is 5. The van der Waals surface area contributed by atoms with Crippen molar-refractivity contribution in [2.24, 2.45) is 16.9 Å². The maximum absolute atomic E-state index is 13.4. The summed E-state index contributed by atoms with van der Waals surface area (Å²) in [6.07, 6.45) is 2.53. The summed E-state index contributed by atoms with van der Waals surface area (Å²) >= 11 is 7.52. The Morgan fingerprint density at radius 3 is 2.63 bits per heavy atom. The molecule has 4 unspecified atom stereocenters. The zero-order valence-corrected chi connectivity index (χ0v) is 19.6. The van der Waals surface area contributed by atoms with E-state index in [1.165, 1.54) is 23.4 Å². The molecule has 4 atom stereocenters. The van der Waals surface area contributed by atoms with Gasteiger partial charge in [-0.05, 0) is 50.3 Å². The van der Waals surface area contributed by atoms with E-state index < -0.39 is 6.10 Å². The van der Waals surface area contributed by atoms with Crippen molar-refractivity contribution in [2.45, 2.75) is 44.6 Å². The van der Waals surface area contributed by atoms with Crippen LogP contribution in [0, 0.1) is 11.8 Å². The van der Waals surface area contributed by atoms with Crippen LogP contribution in [0.15, 0.2) is 29.4 Å². The van der Waals surface area contributed by atoms with Crippen LogP contribution in [0.2, 0.25) is 5.02 Å². The summed E-state index contributed by atoms with van der Waals surface area (Å²) in [4.78, 5) is 15.8. The highest BCUT2D eigenvalue weighted by molar-refractivity contribution is 7.76. The van der Waals surface area contributed by atoms with Gasteiger partial charge >= 0.3 is 0 Å². The number of amides is 1. The van der Waals surface area contributed by atoms with Crippen LogP contribution in [-0.4, -0.2) is 71.5 Å². The van der Waals surface area contributed by atoms with E-state index in [2.05, 4.69) is 35.1 Å². The molecule has 30 heavy (non-hydrogen) atoms. The molecular weight excluding hydrogens is 420 g/mol. The molecule has 4 rings (SSSR count). The molecule has 6 nitrogen and oxygen atoms in total. The Morgan fingerprint density at radius 2 is 2.00 bits per heavy atom. The number of rotatable bonds is 7. The highest BCUT2D eigenvalue weighted by atomic mass is 35.5. The van der Waals surface area contributed by atoms with Crippen LogP contribution < -0.4 is 5.01 Å². The second kappa shape index (κ2) is 9.57. The maximum atomic E-state index is 13.4. The number of ether oxygens (including phenoxy) is 1. The van der Waals surface area contributed by atoms with Gasteiger partial charge in [-0.15, -0.1) is 4.31 Å². The van der Waals surface area contributed by atoms with Crippen molar-refractivity contribution >= 4 is 41.4 Å². The third kappa shape index (κ3) is 5.19. The Balaban J connectivity index is 1.49. The summed E-state index contributed by atoms with van der Waals surface area (Å²) in [5, 5.41) is 7.18. The lowest BCUT2D eigenvalue weighted by Crippen LogP contribution is -2.60. The molecule has 164 valence electrons. The number of hydrazone groups is 1. The topological polar surface area (TPSA) is 48.4 Å². The van der Waals surface area contributed by atoms with Gasteiger partial charge in [0.1, 0.15) is 5.25 Å². The van der Waals surface area contributed by atoms with E-state index in [0.29, 0.717) is 34.4 Å². The molecule has 0 aromatic heterocycles. The first-order valence-corrected chi connectivity index (χ1v) is 12.2. The fraction of sp³-hybridized carbons (Fsp3) is 0.636. The lowest BCUT2D eigenvalue weighted by atomic mass is 10.1. The Labute approximate surface area is 188 Å². The quantitative estimate of drug-likeness (QED) is 0.472. The van der Waals surface area contributed by atoms with E-state index in [4.69, 9.17) is 16.3 Å². The van der Waals surface area contributed by atoms with Crippen molar-refractivity contribution in [3.63, 3.8) is 0 Å². The van der Waals surface area contributed by atoms with Crippen molar-refractivity contribution < 1.29 is 9.53 Å². The smallest absolute Gasteiger partial charge is 0.278 e. The molecule has 3 aliphatic rings. The molecule has 1 saturated carbocycles. The van der Waals surface area contributed by atoms with Crippen LogP contribution in [0.3, 0.4) is 0 Å². The molecule has 1 saturated heterocycles. The molecule has 1 aromatic rings. The number of carbonyl (C=O) groups is 1. The van der Waals surface area contributed by atoms with Gasteiger partial charge in [0.15, 0.2) is 6.10 Å². The van der Waals surface area contributed by atoms with Crippen LogP contribution in [0.25, 0.3) is 0 Å². The van der Waals surface area contributed by atoms with Crippen molar-refractivity contribution in [1.29, 1.82) is 0 Å². The molecule has 1 aromatic carbocycles. The summed E-state index contributed by atoms with van der Waals surface area (Å²) < 4.78 is 8.73. The number of thiol groups is 1. The van der Waals surface area contributed by atoms with Gasteiger partial charge in [0.25, 0.3) is 5.91 Å². The van der Waals surface area contributed by atoms with Gasteiger partial charge < -0.3 is 4.74 Å². The SMILES string of the molecule is CC(C)[SH+]N1CCN(C2C=NN(c3cccc(Cl)c3)C(=O)C2OCC2CC2C)CC1. The van der Waals surface area contributed by atoms with Crippen LogP contribution in [0.4, 0.5) is 5.69 Å². The third-order valence-corrected chi connectivity index (χ3v) is 7.45. The van der Waals surface area contributed by atoms with Crippen molar-refractivity contribution in [2.75, 3.05) is 37.8 Å². The van der Waals surface area contributed by atoms with Crippen molar-refractivity contribution in [3.8, 4) is 0 Å². The molecule has 1 amide bonds. The summed E-state index contributed by atoms with van der Waals surface area (Å²) in [5.41, 5.74) is 0.677. The minimum absolute atomic E-state index is 0.110. The highest BCUT2D eigenvalue weighted by Gasteiger charge is 2.43. The highest BCUT2D eigenvalue weighted by Crippen LogP contribution is 2.38. The number of benzene rings is 1. The van der Waals surface area contributed by atoms with E-state index in [1.807, 2.05) is 18.3 Å². The molecule has 2 heterocycles. The van der Waals surface area contributed by atoms with Gasteiger partial charge in [-0.2, -0.15) is 10.1 Å². The lowest BCUT2D eigenvalue weighted by molar-refractivity contribution is -0.134.